The summed E-state index contributed by atoms with van der Waals surface area (Å²) in [6.45, 7) is 4.14. The van der Waals surface area contributed by atoms with Crippen LogP contribution >= 0.6 is 0 Å². The number of aldehydes is 1. The van der Waals surface area contributed by atoms with Crippen LogP contribution in [0.1, 0.15) is 31.4 Å². The molecule has 0 atom stereocenters. The number of benzene rings is 1. The monoisotopic (exact) mass is 206 g/mol. The van der Waals surface area contributed by atoms with Gasteiger partial charge in [0.25, 0.3) is 0 Å². The number of rotatable bonds is 5. The molecule has 0 spiro atoms. The summed E-state index contributed by atoms with van der Waals surface area (Å²) < 4.78 is 0. The first-order valence-corrected chi connectivity index (χ1v) is 5.24. The lowest BCUT2D eigenvalue weighted by atomic mass is 9.84. The summed E-state index contributed by atoms with van der Waals surface area (Å²) in [4.78, 5) is 10.3. The van der Waals surface area contributed by atoms with Gasteiger partial charge in [0.1, 0.15) is 6.29 Å². The van der Waals surface area contributed by atoms with E-state index in [0.717, 1.165) is 23.8 Å². The Hall–Kier alpha value is -1.15. The highest BCUT2D eigenvalue weighted by Crippen LogP contribution is 2.23. The molecule has 0 saturated heterocycles. The number of hydrogen-bond acceptors (Lipinski definition) is 2. The van der Waals surface area contributed by atoms with Crippen LogP contribution < -0.4 is 0 Å². The molecular weight excluding hydrogens is 188 g/mol. The van der Waals surface area contributed by atoms with Gasteiger partial charge in [-0.15, -0.1) is 0 Å². The molecule has 82 valence electrons. The maximum atomic E-state index is 10.3. The summed E-state index contributed by atoms with van der Waals surface area (Å²) in [5.74, 6) is 0. The second-order valence-corrected chi connectivity index (χ2v) is 4.45. The van der Waals surface area contributed by atoms with Crippen molar-refractivity contribution in [2.75, 3.05) is 6.61 Å². The van der Waals surface area contributed by atoms with E-state index in [1.807, 2.05) is 32.0 Å². The Balaban J connectivity index is 2.87. The maximum absolute atomic E-state index is 10.3. The van der Waals surface area contributed by atoms with Gasteiger partial charge in [-0.05, 0) is 17.5 Å². The van der Waals surface area contributed by atoms with Crippen LogP contribution in [0.15, 0.2) is 24.3 Å². The maximum Gasteiger partial charge on any atom is 0.120 e. The van der Waals surface area contributed by atoms with Crippen molar-refractivity contribution in [3.63, 3.8) is 0 Å². The molecule has 0 saturated carbocycles. The largest absolute Gasteiger partial charge is 0.395 e. The molecule has 0 aliphatic rings. The van der Waals surface area contributed by atoms with E-state index >= 15 is 0 Å². The minimum absolute atomic E-state index is 0.129. The van der Waals surface area contributed by atoms with Gasteiger partial charge in [-0.3, -0.25) is 0 Å². The van der Waals surface area contributed by atoms with E-state index in [0.29, 0.717) is 6.42 Å². The molecule has 0 aliphatic heterocycles. The van der Waals surface area contributed by atoms with Crippen LogP contribution in [0.2, 0.25) is 0 Å². The highest BCUT2D eigenvalue weighted by atomic mass is 16.3. The molecule has 1 aromatic carbocycles. The highest BCUT2D eigenvalue weighted by Gasteiger charge is 2.19. The normalized spacial score (nSPS) is 11.4. The van der Waals surface area contributed by atoms with Crippen LogP contribution in [0.4, 0.5) is 0 Å². The second-order valence-electron chi connectivity index (χ2n) is 4.45. The molecule has 0 aliphatic carbocycles. The van der Waals surface area contributed by atoms with Gasteiger partial charge in [0.2, 0.25) is 0 Å². The van der Waals surface area contributed by atoms with Crippen molar-refractivity contribution in [3.8, 4) is 0 Å². The first-order chi connectivity index (χ1) is 7.10. The Morgan fingerprint density at radius 2 is 2.13 bits per heavy atom. The van der Waals surface area contributed by atoms with E-state index in [2.05, 4.69) is 6.07 Å². The van der Waals surface area contributed by atoms with Gasteiger partial charge in [0.05, 0.1) is 6.61 Å². The molecule has 0 radical (unpaired) electrons. The van der Waals surface area contributed by atoms with E-state index < -0.39 is 0 Å². The fourth-order valence-electron chi connectivity index (χ4n) is 1.46. The van der Waals surface area contributed by atoms with Gasteiger partial charge >= 0.3 is 0 Å². The molecule has 0 unspecified atom stereocenters. The molecule has 2 nitrogen and oxygen atoms in total. The van der Waals surface area contributed by atoms with Gasteiger partial charge in [-0.2, -0.15) is 0 Å². The van der Waals surface area contributed by atoms with Crippen molar-refractivity contribution in [2.24, 2.45) is 0 Å². The standard InChI is InChI=1S/C13H18O2/c1-13(2,10-15)12-7-3-5-11(9-12)6-4-8-14/h3,5,7-9,15H,4,6,10H2,1-2H3. The highest BCUT2D eigenvalue weighted by molar-refractivity contribution is 5.50. The topological polar surface area (TPSA) is 37.3 Å². The van der Waals surface area contributed by atoms with E-state index in [1.54, 1.807) is 0 Å². The fraction of sp³-hybridized carbons (Fsp3) is 0.462. The lowest BCUT2D eigenvalue weighted by Crippen LogP contribution is -2.22. The third-order valence-electron chi connectivity index (χ3n) is 2.65. The van der Waals surface area contributed by atoms with Crippen molar-refractivity contribution in [3.05, 3.63) is 35.4 Å². The Labute approximate surface area is 90.9 Å². The molecule has 0 aromatic heterocycles. The second kappa shape index (κ2) is 5.08. The molecule has 1 aromatic rings. The van der Waals surface area contributed by atoms with Crippen LogP contribution in [0, 0.1) is 0 Å². The molecule has 1 rings (SSSR count). The first kappa shape index (κ1) is 11.9. The summed E-state index contributed by atoms with van der Waals surface area (Å²) in [6.07, 6.45) is 2.27. The average Bonchev–Trinajstić information content (AvgIpc) is 2.27. The molecule has 0 bridgehead atoms. The summed E-state index contributed by atoms with van der Waals surface area (Å²) in [5.41, 5.74) is 2.06. The molecule has 15 heavy (non-hydrogen) atoms. The van der Waals surface area contributed by atoms with Crippen LogP contribution in [0.25, 0.3) is 0 Å². The molecule has 0 amide bonds. The van der Waals surface area contributed by atoms with Crippen LogP contribution in [-0.2, 0) is 16.6 Å². The van der Waals surface area contributed by atoms with E-state index in [-0.39, 0.29) is 12.0 Å². The van der Waals surface area contributed by atoms with Crippen molar-refractivity contribution in [1.29, 1.82) is 0 Å². The van der Waals surface area contributed by atoms with Crippen molar-refractivity contribution in [1.82, 2.24) is 0 Å². The summed E-state index contributed by atoms with van der Waals surface area (Å²) in [6, 6.07) is 8.08. The third kappa shape index (κ3) is 3.17. The minimum atomic E-state index is -0.211. The molecule has 0 fully saturated rings. The van der Waals surface area contributed by atoms with Gasteiger partial charge in [-0.1, -0.05) is 38.1 Å². The zero-order valence-electron chi connectivity index (χ0n) is 9.36. The van der Waals surface area contributed by atoms with E-state index in [4.69, 9.17) is 0 Å². The SMILES string of the molecule is CC(C)(CO)c1cccc(CCC=O)c1. The van der Waals surface area contributed by atoms with Crippen LogP contribution in [0.3, 0.4) is 0 Å². The van der Waals surface area contributed by atoms with Crippen molar-refractivity contribution >= 4 is 6.29 Å². The van der Waals surface area contributed by atoms with E-state index in [9.17, 15) is 9.90 Å². The summed E-state index contributed by atoms with van der Waals surface area (Å²) in [7, 11) is 0. The molecule has 2 heteroatoms. The Morgan fingerprint density at radius 3 is 2.73 bits per heavy atom. The van der Waals surface area contributed by atoms with Crippen molar-refractivity contribution < 1.29 is 9.90 Å². The van der Waals surface area contributed by atoms with Gasteiger partial charge in [0.15, 0.2) is 0 Å². The minimum Gasteiger partial charge on any atom is -0.395 e. The lowest BCUT2D eigenvalue weighted by Gasteiger charge is -2.22. The number of aliphatic hydroxyl groups excluding tert-OH is 1. The number of aliphatic hydroxyl groups is 1. The summed E-state index contributed by atoms with van der Waals surface area (Å²) in [5, 5.41) is 9.26. The zero-order valence-corrected chi connectivity index (χ0v) is 9.36. The number of carbonyl (C=O) groups is 1. The predicted molar refractivity (Wildman–Crippen MR) is 60.9 cm³/mol. The van der Waals surface area contributed by atoms with E-state index in [1.165, 1.54) is 0 Å². The number of hydrogen-bond donors (Lipinski definition) is 1. The van der Waals surface area contributed by atoms with Crippen LogP contribution in [0.5, 0.6) is 0 Å². The quantitative estimate of drug-likeness (QED) is 0.749. The number of aryl methyl sites for hydroxylation is 1. The smallest absolute Gasteiger partial charge is 0.120 e. The Kier molecular flexibility index (Phi) is 4.04. The lowest BCUT2D eigenvalue weighted by molar-refractivity contribution is -0.107. The Bertz CT molecular complexity index is 329. The fourth-order valence-corrected chi connectivity index (χ4v) is 1.46. The third-order valence-corrected chi connectivity index (χ3v) is 2.65. The number of carbonyl (C=O) groups excluding carboxylic acids is 1. The van der Waals surface area contributed by atoms with Gasteiger partial charge in [-0.25, -0.2) is 0 Å². The zero-order chi connectivity index (χ0) is 11.3. The summed E-state index contributed by atoms with van der Waals surface area (Å²) >= 11 is 0. The molecule has 1 N–H and O–H groups in total. The van der Waals surface area contributed by atoms with Crippen LogP contribution in [-0.4, -0.2) is 18.0 Å². The average molecular weight is 206 g/mol. The Morgan fingerprint density at radius 1 is 1.40 bits per heavy atom. The first-order valence-electron chi connectivity index (χ1n) is 5.24. The van der Waals surface area contributed by atoms with Crippen molar-refractivity contribution in [2.45, 2.75) is 32.1 Å². The molecule has 0 heterocycles. The van der Waals surface area contributed by atoms with Gasteiger partial charge in [0, 0.05) is 11.8 Å². The van der Waals surface area contributed by atoms with Gasteiger partial charge < -0.3 is 9.90 Å². The molecular formula is C13H18O2. The predicted octanol–water partition coefficient (Wildman–Crippen LogP) is 2.09.